The van der Waals surface area contributed by atoms with Crippen molar-refractivity contribution in [1.29, 1.82) is 0 Å². The Bertz CT molecular complexity index is 948. The van der Waals surface area contributed by atoms with Crippen LogP contribution < -0.4 is 0 Å². The molecule has 4 rings (SSSR count). The lowest BCUT2D eigenvalue weighted by Gasteiger charge is -2.23. The molecule has 1 aliphatic carbocycles. The molecule has 3 aromatic rings. The lowest BCUT2D eigenvalue weighted by Crippen LogP contribution is -2.21. The number of unbranched alkanes of at least 4 members (excludes halogenated alkanes) is 1. The van der Waals surface area contributed by atoms with Crippen molar-refractivity contribution >= 4 is 23.3 Å². The van der Waals surface area contributed by atoms with Gasteiger partial charge in [0, 0.05) is 18.4 Å². The van der Waals surface area contributed by atoms with E-state index >= 15 is 0 Å². The SMILES string of the molecule is CCCCSc1nc2nc3c(cn2n1)C(=O)CC(c1ccc(C)cc1)C3. The van der Waals surface area contributed by atoms with Gasteiger partial charge in [-0.3, -0.25) is 4.79 Å². The Hall–Kier alpha value is -2.21. The zero-order chi connectivity index (χ0) is 18.1. The normalized spacial score (nSPS) is 16.8. The molecular formula is C20H22N4OS. The van der Waals surface area contributed by atoms with Crippen LogP contribution in [0.3, 0.4) is 0 Å². The molecule has 134 valence electrons. The lowest BCUT2D eigenvalue weighted by molar-refractivity contribution is 0.0962. The number of hydrogen-bond acceptors (Lipinski definition) is 5. The summed E-state index contributed by atoms with van der Waals surface area (Å²) in [5, 5.41) is 5.20. The predicted octanol–water partition coefficient (Wildman–Crippen LogP) is 4.24. The van der Waals surface area contributed by atoms with Crippen LogP contribution in [0.2, 0.25) is 0 Å². The van der Waals surface area contributed by atoms with Gasteiger partial charge in [0.1, 0.15) is 0 Å². The molecule has 5 nitrogen and oxygen atoms in total. The van der Waals surface area contributed by atoms with Gasteiger partial charge in [-0.25, -0.2) is 9.50 Å². The first-order valence-electron chi connectivity index (χ1n) is 9.13. The zero-order valence-electron chi connectivity index (χ0n) is 15.1. The second kappa shape index (κ2) is 7.19. The minimum Gasteiger partial charge on any atom is -0.294 e. The van der Waals surface area contributed by atoms with Crippen LogP contribution in [0.15, 0.2) is 35.6 Å². The van der Waals surface area contributed by atoms with Gasteiger partial charge in [0.2, 0.25) is 5.16 Å². The minimum atomic E-state index is 0.141. The largest absolute Gasteiger partial charge is 0.294 e. The van der Waals surface area contributed by atoms with Gasteiger partial charge in [-0.1, -0.05) is 54.9 Å². The number of Topliss-reactive ketones (excluding diaryl/α,β-unsaturated/α-hetero) is 1. The fourth-order valence-electron chi connectivity index (χ4n) is 3.31. The van der Waals surface area contributed by atoms with Crippen molar-refractivity contribution in [2.75, 3.05) is 5.75 Å². The van der Waals surface area contributed by atoms with Gasteiger partial charge in [-0.15, -0.1) is 5.10 Å². The van der Waals surface area contributed by atoms with E-state index in [4.69, 9.17) is 0 Å². The molecule has 0 aliphatic heterocycles. The molecule has 0 saturated heterocycles. The van der Waals surface area contributed by atoms with Crippen LogP contribution in [0.4, 0.5) is 0 Å². The number of thioether (sulfide) groups is 1. The molecule has 26 heavy (non-hydrogen) atoms. The van der Waals surface area contributed by atoms with E-state index in [0.29, 0.717) is 17.8 Å². The number of carbonyl (C=O) groups excluding carboxylic acids is 1. The van der Waals surface area contributed by atoms with Gasteiger partial charge in [0.15, 0.2) is 5.78 Å². The average molecular weight is 366 g/mol. The number of nitrogens with zero attached hydrogens (tertiary/aromatic N) is 4. The van der Waals surface area contributed by atoms with Crippen molar-refractivity contribution < 1.29 is 4.79 Å². The third-order valence-corrected chi connectivity index (χ3v) is 5.76. The van der Waals surface area contributed by atoms with Gasteiger partial charge in [-0.05, 0) is 31.2 Å². The van der Waals surface area contributed by atoms with Crippen molar-refractivity contribution in [3.8, 4) is 0 Å². The molecule has 0 radical (unpaired) electrons. The molecule has 6 heteroatoms. The summed E-state index contributed by atoms with van der Waals surface area (Å²) in [5.41, 5.74) is 3.97. The van der Waals surface area contributed by atoms with Crippen molar-refractivity contribution in [3.05, 3.63) is 52.8 Å². The summed E-state index contributed by atoms with van der Waals surface area (Å²) < 4.78 is 1.65. The number of rotatable bonds is 5. The highest BCUT2D eigenvalue weighted by Crippen LogP contribution is 2.32. The van der Waals surface area contributed by atoms with Crippen LogP contribution >= 0.6 is 11.8 Å². The third-order valence-electron chi connectivity index (χ3n) is 4.84. The molecule has 1 aliphatic rings. The Morgan fingerprint density at radius 2 is 2.00 bits per heavy atom. The molecule has 0 fully saturated rings. The van der Waals surface area contributed by atoms with Crippen molar-refractivity contribution in [2.24, 2.45) is 0 Å². The van der Waals surface area contributed by atoms with E-state index in [1.54, 1.807) is 16.3 Å². The number of fused-ring (bicyclic) bond motifs is 2. The first-order chi connectivity index (χ1) is 12.6. The number of ketones is 1. The van der Waals surface area contributed by atoms with E-state index < -0.39 is 0 Å². The molecule has 2 heterocycles. The van der Waals surface area contributed by atoms with Crippen LogP contribution in [0.1, 0.15) is 59.3 Å². The minimum absolute atomic E-state index is 0.141. The highest BCUT2D eigenvalue weighted by molar-refractivity contribution is 7.99. The third kappa shape index (κ3) is 3.38. The van der Waals surface area contributed by atoms with Gasteiger partial charge in [-0.2, -0.15) is 4.98 Å². The highest BCUT2D eigenvalue weighted by Gasteiger charge is 2.28. The van der Waals surface area contributed by atoms with Gasteiger partial charge in [0.25, 0.3) is 5.78 Å². The van der Waals surface area contributed by atoms with E-state index in [-0.39, 0.29) is 11.7 Å². The van der Waals surface area contributed by atoms with E-state index in [1.807, 2.05) is 6.20 Å². The Kier molecular flexibility index (Phi) is 4.76. The second-order valence-corrected chi connectivity index (χ2v) is 7.94. The van der Waals surface area contributed by atoms with Crippen molar-refractivity contribution in [3.63, 3.8) is 0 Å². The van der Waals surface area contributed by atoms with E-state index in [9.17, 15) is 4.79 Å². The Morgan fingerprint density at radius 1 is 1.19 bits per heavy atom. The molecule has 1 aromatic carbocycles. The average Bonchev–Trinajstić information content (AvgIpc) is 3.02. The van der Waals surface area contributed by atoms with Gasteiger partial charge < -0.3 is 0 Å². The van der Waals surface area contributed by atoms with Crippen LogP contribution in [0.25, 0.3) is 5.78 Å². The first-order valence-corrected chi connectivity index (χ1v) is 10.1. The Morgan fingerprint density at radius 3 is 2.77 bits per heavy atom. The fraction of sp³-hybridized carbons (Fsp3) is 0.400. The number of aryl methyl sites for hydroxylation is 1. The van der Waals surface area contributed by atoms with Crippen LogP contribution in [0.5, 0.6) is 0 Å². The van der Waals surface area contributed by atoms with E-state index in [0.717, 1.165) is 35.9 Å². The van der Waals surface area contributed by atoms with Crippen LogP contribution in [-0.4, -0.2) is 31.1 Å². The molecular weight excluding hydrogens is 344 g/mol. The van der Waals surface area contributed by atoms with Crippen molar-refractivity contribution in [2.45, 2.75) is 50.6 Å². The predicted molar refractivity (Wildman–Crippen MR) is 103 cm³/mol. The Labute approximate surface area is 157 Å². The van der Waals surface area contributed by atoms with Crippen LogP contribution in [0, 0.1) is 6.92 Å². The molecule has 0 bridgehead atoms. The highest BCUT2D eigenvalue weighted by atomic mass is 32.2. The molecule has 0 amide bonds. The molecule has 0 saturated carbocycles. The number of carbonyl (C=O) groups is 1. The summed E-state index contributed by atoms with van der Waals surface area (Å²) >= 11 is 1.64. The molecule has 0 N–H and O–H groups in total. The molecule has 2 aromatic heterocycles. The maximum absolute atomic E-state index is 12.7. The molecule has 1 atom stereocenters. The Balaban J connectivity index is 1.63. The number of aromatic nitrogens is 4. The standard InChI is InChI=1S/C20H22N4OS/c1-3-4-9-26-20-22-19-21-17-10-15(14-7-5-13(2)6-8-14)11-18(25)16(17)12-24(19)23-20/h5-8,12,15H,3-4,9-11H2,1-2H3. The first kappa shape index (κ1) is 17.2. The zero-order valence-corrected chi connectivity index (χ0v) is 15.9. The monoisotopic (exact) mass is 366 g/mol. The summed E-state index contributed by atoms with van der Waals surface area (Å²) in [6.07, 6.45) is 5.40. The van der Waals surface area contributed by atoms with Crippen molar-refractivity contribution in [1.82, 2.24) is 19.6 Å². The molecule has 1 unspecified atom stereocenters. The van der Waals surface area contributed by atoms with E-state index in [2.05, 4.69) is 53.2 Å². The summed E-state index contributed by atoms with van der Waals surface area (Å²) in [6.45, 7) is 4.24. The summed E-state index contributed by atoms with van der Waals surface area (Å²) in [7, 11) is 0. The van der Waals surface area contributed by atoms with Gasteiger partial charge >= 0.3 is 0 Å². The summed E-state index contributed by atoms with van der Waals surface area (Å²) in [5.74, 6) is 1.91. The van der Waals surface area contributed by atoms with Crippen LogP contribution in [-0.2, 0) is 6.42 Å². The smallest absolute Gasteiger partial charge is 0.253 e. The topological polar surface area (TPSA) is 60.1 Å². The van der Waals surface area contributed by atoms with E-state index in [1.165, 1.54) is 11.1 Å². The maximum atomic E-state index is 12.7. The summed E-state index contributed by atoms with van der Waals surface area (Å²) in [4.78, 5) is 21.9. The second-order valence-electron chi connectivity index (χ2n) is 6.88. The number of hydrogen-bond donors (Lipinski definition) is 0. The summed E-state index contributed by atoms with van der Waals surface area (Å²) in [6, 6.07) is 8.45. The molecule has 0 spiro atoms. The number of benzene rings is 1. The maximum Gasteiger partial charge on any atom is 0.253 e. The lowest BCUT2D eigenvalue weighted by atomic mass is 9.82. The van der Waals surface area contributed by atoms with Gasteiger partial charge in [0.05, 0.1) is 11.3 Å². The fourth-order valence-corrected chi connectivity index (χ4v) is 4.22. The quantitative estimate of drug-likeness (QED) is 0.499.